The molecule has 0 heterocycles. The summed E-state index contributed by atoms with van der Waals surface area (Å²) >= 11 is 0. The number of aliphatic hydroxyl groups excluding tert-OH is 1. The van der Waals surface area contributed by atoms with Gasteiger partial charge in [-0.15, -0.1) is 0 Å². The van der Waals surface area contributed by atoms with E-state index in [0.29, 0.717) is 6.42 Å². The molecule has 184 valence electrons. The number of aliphatic carboxylic acids is 1. The molecule has 32 heavy (non-hydrogen) atoms. The largest absolute Gasteiger partial charge is 0.480 e. The molecule has 0 radical (unpaired) electrons. The van der Waals surface area contributed by atoms with Gasteiger partial charge < -0.3 is 43.4 Å². The van der Waals surface area contributed by atoms with Gasteiger partial charge in [0.05, 0.1) is 6.10 Å². The number of hydrogen-bond donors (Lipinski definition) is 8. The number of hydrogen-bond acceptors (Lipinski definition) is 7. The Morgan fingerprint density at radius 1 is 0.906 bits per heavy atom. The summed E-state index contributed by atoms with van der Waals surface area (Å²) in [6.45, 7) is 6.52. The summed E-state index contributed by atoms with van der Waals surface area (Å²) in [5, 5.41) is 25.9. The lowest BCUT2D eigenvalue weighted by molar-refractivity contribution is -0.142. The Balaban J connectivity index is 5.44. The van der Waals surface area contributed by atoms with Crippen LogP contribution in [0.5, 0.6) is 0 Å². The summed E-state index contributed by atoms with van der Waals surface area (Å²) in [4.78, 5) is 52.6. The zero-order valence-electron chi connectivity index (χ0n) is 19.0. The Labute approximate surface area is 187 Å². The van der Waals surface area contributed by atoms with Gasteiger partial charge in [-0.3, -0.25) is 24.2 Å². The van der Waals surface area contributed by atoms with E-state index >= 15 is 0 Å². The van der Waals surface area contributed by atoms with Gasteiger partial charge in [0.25, 0.3) is 0 Å². The lowest BCUT2D eigenvalue weighted by atomic mass is 10.0. The van der Waals surface area contributed by atoms with Crippen LogP contribution < -0.4 is 33.2 Å². The predicted octanol–water partition coefficient (Wildman–Crippen LogP) is -2.65. The standard InChI is InChI=1S/C19H37N7O6/c1-9(2)8-13(26-17(30)14(20)11(4)27)16(29)25-12(6-5-7-23-19(21)22)15(28)24-10(3)18(31)32/h9-14,27H,5-8,20H2,1-4H3,(H,24,28)(H,25,29)(H,26,30)(H,31,32)(H4,21,22,23). The average molecular weight is 460 g/mol. The van der Waals surface area contributed by atoms with Crippen molar-refractivity contribution in [3.8, 4) is 0 Å². The summed E-state index contributed by atoms with van der Waals surface area (Å²) in [6.07, 6.45) is -0.427. The highest BCUT2D eigenvalue weighted by atomic mass is 16.4. The van der Waals surface area contributed by atoms with Crippen LogP contribution >= 0.6 is 0 Å². The van der Waals surface area contributed by atoms with E-state index in [4.69, 9.17) is 22.3 Å². The van der Waals surface area contributed by atoms with E-state index in [0.717, 1.165) is 0 Å². The second-order valence-electron chi connectivity index (χ2n) is 8.04. The minimum absolute atomic E-state index is 0.00926. The summed E-state index contributed by atoms with van der Waals surface area (Å²) in [7, 11) is 0. The zero-order valence-corrected chi connectivity index (χ0v) is 19.0. The molecule has 0 rings (SSSR count). The van der Waals surface area contributed by atoms with Crippen molar-refractivity contribution < 1.29 is 29.4 Å². The van der Waals surface area contributed by atoms with Crippen molar-refractivity contribution >= 4 is 29.7 Å². The Morgan fingerprint density at radius 2 is 1.44 bits per heavy atom. The fourth-order valence-electron chi connectivity index (χ4n) is 2.61. The zero-order chi connectivity index (χ0) is 25.0. The minimum atomic E-state index is -1.24. The van der Waals surface area contributed by atoms with Gasteiger partial charge in [-0.05, 0) is 39.0 Å². The first kappa shape index (κ1) is 29.1. The van der Waals surface area contributed by atoms with E-state index in [-0.39, 0.29) is 31.3 Å². The van der Waals surface area contributed by atoms with Gasteiger partial charge in [0.15, 0.2) is 5.96 Å². The van der Waals surface area contributed by atoms with Gasteiger partial charge in [-0.25, -0.2) is 0 Å². The van der Waals surface area contributed by atoms with Crippen LogP contribution in [0.1, 0.15) is 47.0 Å². The second-order valence-corrected chi connectivity index (χ2v) is 8.04. The molecule has 0 bridgehead atoms. The number of amides is 3. The highest BCUT2D eigenvalue weighted by Crippen LogP contribution is 2.08. The second kappa shape index (κ2) is 14.2. The highest BCUT2D eigenvalue weighted by molar-refractivity contribution is 5.94. The third-order valence-electron chi connectivity index (χ3n) is 4.47. The molecule has 0 aromatic carbocycles. The average Bonchev–Trinajstić information content (AvgIpc) is 2.67. The predicted molar refractivity (Wildman–Crippen MR) is 118 cm³/mol. The van der Waals surface area contributed by atoms with Crippen LogP contribution in [0.25, 0.3) is 0 Å². The molecule has 0 fully saturated rings. The maximum atomic E-state index is 12.9. The summed E-state index contributed by atoms with van der Waals surface area (Å²) in [5.74, 6) is -3.41. The van der Waals surface area contributed by atoms with Crippen molar-refractivity contribution in [2.75, 3.05) is 6.54 Å². The van der Waals surface area contributed by atoms with E-state index in [1.165, 1.54) is 13.8 Å². The molecule has 0 aliphatic heterocycles. The maximum Gasteiger partial charge on any atom is 0.325 e. The van der Waals surface area contributed by atoms with Gasteiger partial charge in [0.2, 0.25) is 17.7 Å². The van der Waals surface area contributed by atoms with Gasteiger partial charge in [-0.2, -0.15) is 0 Å². The van der Waals surface area contributed by atoms with Crippen LogP contribution in [0.3, 0.4) is 0 Å². The Morgan fingerprint density at radius 3 is 1.91 bits per heavy atom. The smallest absolute Gasteiger partial charge is 0.325 e. The molecule has 13 nitrogen and oxygen atoms in total. The van der Waals surface area contributed by atoms with Crippen molar-refractivity contribution in [2.24, 2.45) is 28.1 Å². The van der Waals surface area contributed by atoms with Crippen LogP contribution in [-0.4, -0.2) is 76.7 Å². The van der Waals surface area contributed by atoms with Crippen molar-refractivity contribution in [3.05, 3.63) is 0 Å². The van der Waals surface area contributed by atoms with E-state index in [1.807, 2.05) is 13.8 Å². The third kappa shape index (κ3) is 11.5. The molecule has 5 atom stereocenters. The molecule has 0 aliphatic carbocycles. The monoisotopic (exact) mass is 459 g/mol. The lowest BCUT2D eigenvalue weighted by Gasteiger charge is -2.26. The molecule has 5 unspecified atom stereocenters. The summed E-state index contributed by atoms with van der Waals surface area (Å²) in [5.41, 5.74) is 16.2. The van der Waals surface area contributed by atoms with Gasteiger partial charge >= 0.3 is 5.97 Å². The number of nitrogens with zero attached hydrogens (tertiary/aromatic N) is 1. The Bertz CT molecular complexity index is 679. The number of carboxylic acids is 1. The van der Waals surface area contributed by atoms with Gasteiger partial charge in [0.1, 0.15) is 24.2 Å². The lowest BCUT2D eigenvalue weighted by Crippen LogP contribution is -2.58. The van der Waals surface area contributed by atoms with Crippen LogP contribution in [0.4, 0.5) is 0 Å². The quantitative estimate of drug-likeness (QED) is 0.0768. The molecular formula is C19H37N7O6. The molecule has 0 aromatic heterocycles. The first-order valence-corrected chi connectivity index (χ1v) is 10.4. The molecule has 0 aromatic rings. The molecule has 3 amide bonds. The molecule has 0 saturated heterocycles. The van der Waals surface area contributed by atoms with Crippen LogP contribution in [0, 0.1) is 5.92 Å². The topological polar surface area (TPSA) is 235 Å². The summed E-state index contributed by atoms with van der Waals surface area (Å²) in [6, 6.07) is -4.50. The number of guanidine groups is 1. The van der Waals surface area contributed by atoms with Gasteiger partial charge in [0, 0.05) is 6.54 Å². The van der Waals surface area contributed by atoms with E-state index < -0.39 is 54.0 Å². The molecular weight excluding hydrogens is 422 g/mol. The van der Waals surface area contributed by atoms with E-state index in [1.54, 1.807) is 0 Å². The molecule has 13 heteroatoms. The first-order valence-electron chi connectivity index (χ1n) is 10.4. The minimum Gasteiger partial charge on any atom is -0.480 e. The highest BCUT2D eigenvalue weighted by Gasteiger charge is 2.30. The molecule has 11 N–H and O–H groups in total. The number of aliphatic imine (C=N–C) groups is 1. The number of carbonyl (C=O) groups is 4. The van der Waals surface area contributed by atoms with Crippen molar-refractivity contribution in [1.82, 2.24) is 16.0 Å². The first-order chi connectivity index (χ1) is 14.8. The van der Waals surface area contributed by atoms with Crippen LogP contribution in [-0.2, 0) is 19.2 Å². The van der Waals surface area contributed by atoms with Crippen LogP contribution in [0.15, 0.2) is 4.99 Å². The van der Waals surface area contributed by atoms with Gasteiger partial charge in [-0.1, -0.05) is 13.8 Å². The Hall–Kier alpha value is -2.93. The van der Waals surface area contributed by atoms with E-state index in [9.17, 15) is 24.3 Å². The molecule has 0 saturated carbocycles. The maximum absolute atomic E-state index is 12.9. The number of nitrogens with one attached hydrogen (secondary N) is 3. The molecule has 0 spiro atoms. The number of carbonyl (C=O) groups excluding carboxylic acids is 3. The summed E-state index contributed by atoms with van der Waals surface area (Å²) < 4.78 is 0. The number of rotatable bonds is 14. The fraction of sp³-hybridized carbons (Fsp3) is 0.737. The van der Waals surface area contributed by atoms with Crippen molar-refractivity contribution in [1.29, 1.82) is 0 Å². The van der Waals surface area contributed by atoms with E-state index in [2.05, 4.69) is 20.9 Å². The van der Waals surface area contributed by atoms with Crippen LogP contribution in [0.2, 0.25) is 0 Å². The molecule has 0 aliphatic rings. The number of carboxylic acid groups (broad SMARTS) is 1. The van der Waals surface area contributed by atoms with Crippen molar-refractivity contribution in [2.45, 2.75) is 77.2 Å². The SMILES string of the molecule is CC(C)CC(NC(=O)C(N)C(C)O)C(=O)NC(CCCN=C(N)N)C(=O)NC(C)C(=O)O. The number of nitrogens with two attached hydrogens (primary N) is 3. The number of aliphatic hydroxyl groups is 1. The van der Waals surface area contributed by atoms with Crippen molar-refractivity contribution in [3.63, 3.8) is 0 Å². The third-order valence-corrected chi connectivity index (χ3v) is 4.47. The normalized spacial score (nSPS) is 15.6. The fourth-order valence-corrected chi connectivity index (χ4v) is 2.61. The Kier molecular flexibility index (Phi) is 12.9.